The summed E-state index contributed by atoms with van der Waals surface area (Å²) < 4.78 is 65.9. The van der Waals surface area contributed by atoms with Crippen molar-refractivity contribution in [1.82, 2.24) is 10.5 Å². The van der Waals surface area contributed by atoms with Gasteiger partial charge in [0.25, 0.3) is 5.91 Å². The highest BCUT2D eigenvalue weighted by molar-refractivity contribution is 6.33. The van der Waals surface area contributed by atoms with Crippen LogP contribution in [0.4, 0.5) is 33.5 Å². The summed E-state index contributed by atoms with van der Waals surface area (Å²) in [5.74, 6) is -4.43. The molecule has 0 saturated heterocycles. The van der Waals surface area contributed by atoms with Crippen LogP contribution in [-0.4, -0.2) is 40.4 Å². The van der Waals surface area contributed by atoms with E-state index in [4.69, 9.17) is 21.8 Å². The molecular formula is C16H13ClF5N3O4. The van der Waals surface area contributed by atoms with Crippen molar-refractivity contribution < 1.29 is 41.8 Å². The number of aliphatic hydroxyl groups is 2. The molecule has 7 nitrogen and oxygen atoms in total. The molecule has 158 valence electrons. The first kappa shape index (κ1) is 22.7. The molecule has 0 bridgehead atoms. The van der Waals surface area contributed by atoms with Crippen molar-refractivity contribution in [3.8, 4) is 0 Å². The average molecular weight is 442 g/mol. The van der Waals surface area contributed by atoms with Gasteiger partial charge in [-0.2, -0.15) is 13.2 Å². The third kappa shape index (κ3) is 5.73. The summed E-state index contributed by atoms with van der Waals surface area (Å²) in [4.78, 5) is 20.2. The number of carbonyl (C=O) groups excluding carboxylic acids is 1. The monoisotopic (exact) mass is 441 g/mol. The van der Waals surface area contributed by atoms with Gasteiger partial charge in [0, 0.05) is 6.20 Å². The minimum atomic E-state index is -4.72. The first-order valence-electron chi connectivity index (χ1n) is 7.73. The second-order valence-electron chi connectivity index (χ2n) is 5.54. The molecular weight excluding hydrogens is 429 g/mol. The highest BCUT2D eigenvalue weighted by Gasteiger charge is 2.32. The van der Waals surface area contributed by atoms with E-state index in [1.807, 2.05) is 5.48 Å². The number of benzene rings is 1. The fourth-order valence-corrected chi connectivity index (χ4v) is 2.19. The van der Waals surface area contributed by atoms with E-state index in [0.717, 1.165) is 6.07 Å². The lowest BCUT2D eigenvalue weighted by Gasteiger charge is -2.15. The van der Waals surface area contributed by atoms with Crippen LogP contribution < -0.4 is 10.8 Å². The summed E-state index contributed by atoms with van der Waals surface area (Å²) in [6.45, 7) is -1.15. The van der Waals surface area contributed by atoms with Gasteiger partial charge in [-0.25, -0.2) is 19.2 Å². The molecule has 2 aromatic rings. The zero-order chi connectivity index (χ0) is 21.8. The molecule has 0 aliphatic carbocycles. The number of aromatic nitrogens is 1. The van der Waals surface area contributed by atoms with Crippen LogP contribution in [0.25, 0.3) is 0 Å². The Labute approximate surface area is 165 Å². The van der Waals surface area contributed by atoms with E-state index in [-0.39, 0.29) is 0 Å². The summed E-state index contributed by atoms with van der Waals surface area (Å²) in [5, 5.41) is 19.4. The maximum Gasteiger partial charge on any atom is 0.417 e. The highest BCUT2D eigenvalue weighted by Crippen LogP contribution is 2.34. The number of hydrogen-bond acceptors (Lipinski definition) is 6. The number of pyridine rings is 1. The van der Waals surface area contributed by atoms with Gasteiger partial charge < -0.3 is 15.5 Å². The molecule has 29 heavy (non-hydrogen) atoms. The van der Waals surface area contributed by atoms with Crippen molar-refractivity contribution in [2.75, 3.05) is 18.5 Å². The van der Waals surface area contributed by atoms with Crippen LogP contribution in [0.3, 0.4) is 0 Å². The van der Waals surface area contributed by atoms with Crippen LogP contribution in [0.5, 0.6) is 0 Å². The number of nitrogens with one attached hydrogen (secondary N) is 2. The summed E-state index contributed by atoms with van der Waals surface area (Å²) in [5.41, 5.74) is -0.587. The van der Waals surface area contributed by atoms with E-state index in [2.05, 4.69) is 15.1 Å². The Hall–Kier alpha value is -2.54. The predicted molar refractivity (Wildman–Crippen MR) is 90.4 cm³/mol. The number of amides is 1. The minimum absolute atomic E-state index is 0.421. The van der Waals surface area contributed by atoms with Gasteiger partial charge in [-0.3, -0.25) is 9.63 Å². The van der Waals surface area contributed by atoms with E-state index in [1.54, 1.807) is 0 Å². The molecule has 0 fully saturated rings. The van der Waals surface area contributed by atoms with Crippen molar-refractivity contribution in [2.24, 2.45) is 0 Å². The van der Waals surface area contributed by atoms with Crippen molar-refractivity contribution in [2.45, 2.75) is 12.3 Å². The van der Waals surface area contributed by atoms with Crippen molar-refractivity contribution in [3.05, 3.63) is 52.2 Å². The zero-order valence-corrected chi connectivity index (χ0v) is 15.0. The molecule has 1 aromatic heterocycles. The molecule has 13 heteroatoms. The van der Waals surface area contributed by atoms with E-state index in [9.17, 15) is 26.7 Å². The summed E-state index contributed by atoms with van der Waals surface area (Å²) in [6, 6.07) is 2.03. The van der Waals surface area contributed by atoms with Gasteiger partial charge in [0.2, 0.25) is 0 Å². The topological polar surface area (TPSA) is 104 Å². The van der Waals surface area contributed by atoms with Crippen molar-refractivity contribution in [1.29, 1.82) is 0 Å². The van der Waals surface area contributed by atoms with Gasteiger partial charge in [-0.05, 0) is 18.2 Å². The molecule has 0 unspecified atom stereocenters. The standard InChI is InChI=1S/C16H13ClF5N3O4/c17-10-3-7(16(20,21)22)4-23-14(10)24-13-9(1-2-11(18)12(13)19)15(28)25-29-6-8(27)5-26/h1-4,8,26-27H,5-6H2,(H,23,24)(H,25,28)/t8-/m1/s1. The number of hydrogen-bond donors (Lipinski definition) is 4. The third-order valence-corrected chi connectivity index (χ3v) is 3.69. The molecule has 4 N–H and O–H groups in total. The van der Waals surface area contributed by atoms with E-state index >= 15 is 0 Å². The normalized spacial score (nSPS) is 12.6. The first-order valence-corrected chi connectivity index (χ1v) is 8.11. The van der Waals surface area contributed by atoms with Gasteiger partial charge in [0.05, 0.1) is 28.4 Å². The SMILES string of the molecule is O=C(NOC[C@H](O)CO)c1ccc(F)c(F)c1Nc1ncc(C(F)(F)F)cc1Cl. The average Bonchev–Trinajstić information content (AvgIpc) is 2.65. The fourth-order valence-electron chi connectivity index (χ4n) is 1.98. The highest BCUT2D eigenvalue weighted by atomic mass is 35.5. The number of aliphatic hydroxyl groups excluding tert-OH is 2. The van der Waals surface area contributed by atoms with Crippen molar-refractivity contribution >= 4 is 29.0 Å². The zero-order valence-electron chi connectivity index (χ0n) is 14.2. The number of halogens is 6. The molecule has 0 saturated carbocycles. The number of anilines is 2. The van der Waals surface area contributed by atoms with Gasteiger partial charge in [0.1, 0.15) is 18.5 Å². The molecule has 0 aliphatic heterocycles. The first-order chi connectivity index (χ1) is 13.5. The molecule has 0 spiro atoms. The molecule has 0 radical (unpaired) electrons. The molecule has 1 amide bonds. The van der Waals surface area contributed by atoms with Crippen LogP contribution in [-0.2, 0) is 11.0 Å². The summed E-state index contributed by atoms with van der Waals surface area (Å²) >= 11 is 5.73. The van der Waals surface area contributed by atoms with Gasteiger partial charge >= 0.3 is 6.18 Å². The molecule has 1 heterocycles. The lowest BCUT2D eigenvalue weighted by molar-refractivity contribution is -0.137. The number of carbonyl (C=O) groups is 1. The lowest BCUT2D eigenvalue weighted by atomic mass is 10.1. The fraction of sp³-hybridized carbons (Fsp3) is 0.250. The quantitative estimate of drug-likeness (QED) is 0.389. The van der Waals surface area contributed by atoms with Crippen LogP contribution in [0.1, 0.15) is 15.9 Å². The molecule has 2 rings (SSSR count). The number of alkyl halides is 3. The van der Waals surface area contributed by atoms with Crippen LogP contribution in [0, 0.1) is 11.6 Å². The maximum absolute atomic E-state index is 14.2. The number of nitrogens with zero attached hydrogens (tertiary/aromatic N) is 1. The second-order valence-corrected chi connectivity index (χ2v) is 5.95. The van der Waals surface area contributed by atoms with E-state index in [0.29, 0.717) is 18.3 Å². The van der Waals surface area contributed by atoms with E-state index < -0.39 is 70.7 Å². The number of rotatable bonds is 7. The maximum atomic E-state index is 14.2. The third-order valence-electron chi connectivity index (χ3n) is 3.40. The molecule has 1 aromatic carbocycles. The van der Waals surface area contributed by atoms with Gasteiger partial charge in [0.15, 0.2) is 11.6 Å². The Bertz CT molecular complexity index is 898. The minimum Gasteiger partial charge on any atom is -0.394 e. The smallest absolute Gasteiger partial charge is 0.394 e. The Morgan fingerprint density at radius 1 is 1.31 bits per heavy atom. The van der Waals surface area contributed by atoms with Crippen LogP contribution in [0.2, 0.25) is 5.02 Å². The van der Waals surface area contributed by atoms with E-state index in [1.165, 1.54) is 0 Å². The number of hydroxylamine groups is 1. The molecule has 0 aliphatic rings. The van der Waals surface area contributed by atoms with Gasteiger partial charge in [-0.15, -0.1) is 0 Å². The Morgan fingerprint density at radius 3 is 2.59 bits per heavy atom. The Balaban J connectivity index is 2.30. The lowest BCUT2D eigenvalue weighted by Crippen LogP contribution is -2.30. The van der Waals surface area contributed by atoms with Crippen molar-refractivity contribution in [3.63, 3.8) is 0 Å². The largest absolute Gasteiger partial charge is 0.417 e. The summed E-state index contributed by atoms with van der Waals surface area (Å²) in [6.07, 6.45) is -5.60. The van der Waals surface area contributed by atoms with Crippen LogP contribution >= 0.6 is 11.6 Å². The second kappa shape index (κ2) is 9.31. The Kier molecular flexibility index (Phi) is 7.30. The predicted octanol–water partition coefficient (Wildman–Crippen LogP) is 2.79. The van der Waals surface area contributed by atoms with Crippen LogP contribution in [0.15, 0.2) is 24.4 Å². The summed E-state index contributed by atoms with van der Waals surface area (Å²) in [7, 11) is 0. The Morgan fingerprint density at radius 2 is 2.00 bits per heavy atom. The molecule has 1 atom stereocenters. The van der Waals surface area contributed by atoms with Gasteiger partial charge in [-0.1, -0.05) is 11.6 Å².